The van der Waals surface area contributed by atoms with Gasteiger partial charge in [0.15, 0.2) is 4.32 Å². The molecule has 2 aliphatic rings. The largest absolute Gasteiger partial charge is 0.457 e. The highest BCUT2D eigenvalue weighted by Crippen LogP contribution is 2.34. The molecule has 5 nitrogen and oxygen atoms in total. The lowest BCUT2D eigenvalue weighted by Gasteiger charge is -2.33. The van der Waals surface area contributed by atoms with E-state index in [4.69, 9.17) is 21.4 Å². The highest BCUT2D eigenvalue weighted by atomic mass is 32.2. The summed E-state index contributed by atoms with van der Waals surface area (Å²) in [6, 6.07) is 13.6. The molecule has 1 amide bonds. The number of hydrogen-bond donors (Lipinski definition) is 0. The number of nitrogens with zero attached hydrogens (tertiary/aromatic N) is 2. The Morgan fingerprint density at radius 2 is 1.84 bits per heavy atom. The predicted octanol–water partition coefficient (Wildman–Crippen LogP) is 3.40. The molecule has 0 aliphatic carbocycles. The number of carbonyl (C=O) groups excluding carboxylic acids is 1. The molecule has 2 fully saturated rings. The van der Waals surface area contributed by atoms with E-state index in [1.165, 1.54) is 11.8 Å². The van der Waals surface area contributed by atoms with Crippen molar-refractivity contribution in [3.63, 3.8) is 0 Å². The van der Waals surface area contributed by atoms with Gasteiger partial charge in [0, 0.05) is 24.7 Å². The minimum absolute atomic E-state index is 0.102. The standard InChI is InChI=1S/C18H16N2O3S2/c21-17-16(25-18(24)20(17)19-8-10-22-11-9-19)12-14-6-7-15(23-14)13-4-2-1-3-5-13/h1-7,12H,8-11H2/b16-12-. The van der Waals surface area contributed by atoms with Crippen LogP contribution in [0.15, 0.2) is 51.8 Å². The first-order chi connectivity index (χ1) is 12.2. The summed E-state index contributed by atoms with van der Waals surface area (Å²) >= 11 is 6.69. The van der Waals surface area contributed by atoms with Gasteiger partial charge in [-0.25, -0.2) is 10.0 Å². The number of furan rings is 1. The van der Waals surface area contributed by atoms with Crippen molar-refractivity contribution in [3.8, 4) is 11.3 Å². The summed E-state index contributed by atoms with van der Waals surface area (Å²) in [5.41, 5.74) is 1.00. The maximum Gasteiger partial charge on any atom is 0.281 e. The van der Waals surface area contributed by atoms with Gasteiger partial charge in [-0.1, -0.05) is 54.3 Å². The zero-order valence-electron chi connectivity index (χ0n) is 13.4. The van der Waals surface area contributed by atoms with Gasteiger partial charge in [0.1, 0.15) is 11.5 Å². The zero-order chi connectivity index (χ0) is 17.2. The molecule has 0 bridgehead atoms. The van der Waals surface area contributed by atoms with E-state index < -0.39 is 0 Å². The second-order valence-electron chi connectivity index (χ2n) is 5.63. The minimum Gasteiger partial charge on any atom is -0.457 e. The number of benzene rings is 1. The first-order valence-corrected chi connectivity index (χ1v) is 9.21. The fraction of sp³-hybridized carbons (Fsp3) is 0.222. The van der Waals surface area contributed by atoms with E-state index >= 15 is 0 Å². The van der Waals surface area contributed by atoms with Crippen LogP contribution in [0.25, 0.3) is 17.4 Å². The van der Waals surface area contributed by atoms with Crippen LogP contribution in [0.2, 0.25) is 0 Å². The third-order valence-corrected chi connectivity index (χ3v) is 5.28. The SMILES string of the molecule is O=C1/C(=C/c2ccc(-c3ccccc3)o2)SC(=S)N1N1CCOCC1. The van der Waals surface area contributed by atoms with Gasteiger partial charge >= 0.3 is 0 Å². The zero-order valence-corrected chi connectivity index (χ0v) is 15.0. The molecule has 0 saturated carbocycles. The Hall–Kier alpha value is -1.93. The molecule has 0 N–H and O–H groups in total. The number of morpholine rings is 1. The lowest BCUT2D eigenvalue weighted by atomic mass is 10.2. The fourth-order valence-electron chi connectivity index (χ4n) is 2.77. The molecule has 0 atom stereocenters. The summed E-state index contributed by atoms with van der Waals surface area (Å²) in [7, 11) is 0. The van der Waals surface area contributed by atoms with Crippen LogP contribution >= 0.6 is 24.0 Å². The normalized spacial score (nSPS) is 20.6. The maximum absolute atomic E-state index is 12.7. The van der Waals surface area contributed by atoms with Crippen LogP contribution in [0.4, 0.5) is 0 Å². The van der Waals surface area contributed by atoms with Crippen molar-refractivity contribution < 1.29 is 13.9 Å². The number of carbonyl (C=O) groups is 1. The molecule has 25 heavy (non-hydrogen) atoms. The van der Waals surface area contributed by atoms with Crippen molar-refractivity contribution in [1.29, 1.82) is 0 Å². The Morgan fingerprint density at radius 3 is 2.60 bits per heavy atom. The van der Waals surface area contributed by atoms with Crippen molar-refractivity contribution in [2.45, 2.75) is 0 Å². The number of thiocarbonyl (C=S) groups is 1. The average Bonchev–Trinajstić information content (AvgIpc) is 3.22. The van der Waals surface area contributed by atoms with Crippen LogP contribution in [-0.4, -0.2) is 46.5 Å². The first-order valence-electron chi connectivity index (χ1n) is 7.98. The Labute approximate surface area is 155 Å². The molecule has 2 aliphatic heterocycles. The molecule has 7 heteroatoms. The van der Waals surface area contributed by atoms with Crippen LogP contribution in [-0.2, 0) is 9.53 Å². The molecule has 1 aromatic carbocycles. The van der Waals surface area contributed by atoms with Gasteiger partial charge in [0.2, 0.25) is 0 Å². The molecule has 128 valence electrons. The Kier molecular flexibility index (Phi) is 4.72. The molecule has 1 aromatic heterocycles. The molecular weight excluding hydrogens is 356 g/mol. The molecule has 2 saturated heterocycles. The third kappa shape index (κ3) is 3.41. The van der Waals surface area contributed by atoms with Crippen LogP contribution < -0.4 is 0 Å². The van der Waals surface area contributed by atoms with Gasteiger partial charge < -0.3 is 9.15 Å². The van der Waals surface area contributed by atoms with E-state index in [1.54, 1.807) is 11.1 Å². The van der Waals surface area contributed by atoms with Crippen molar-refractivity contribution in [1.82, 2.24) is 10.0 Å². The van der Waals surface area contributed by atoms with Gasteiger partial charge in [0.25, 0.3) is 5.91 Å². The van der Waals surface area contributed by atoms with Crippen molar-refractivity contribution in [2.24, 2.45) is 0 Å². The maximum atomic E-state index is 12.7. The van der Waals surface area contributed by atoms with Gasteiger partial charge in [0.05, 0.1) is 18.1 Å². The second-order valence-corrected chi connectivity index (χ2v) is 7.30. The Morgan fingerprint density at radius 1 is 1.08 bits per heavy atom. The molecule has 3 heterocycles. The summed E-state index contributed by atoms with van der Waals surface area (Å²) in [6.07, 6.45) is 1.76. The van der Waals surface area contributed by atoms with Gasteiger partial charge in [-0.3, -0.25) is 4.79 Å². The molecule has 0 radical (unpaired) electrons. The van der Waals surface area contributed by atoms with Crippen molar-refractivity contribution in [3.05, 3.63) is 53.1 Å². The molecule has 0 spiro atoms. The van der Waals surface area contributed by atoms with E-state index in [2.05, 4.69) is 0 Å². The van der Waals surface area contributed by atoms with E-state index in [1.807, 2.05) is 47.5 Å². The minimum atomic E-state index is -0.102. The van der Waals surface area contributed by atoms with E-state index in [0.29, 0.717) is 41.3 Å². The second kappa shape index (κ2) is 7.13. The summed E-state index contributed by atoms with van der Waals surface area (Å²) < 4.78 is 11.7. The molecule has 4 rings (SSSR count). The number of hydrogen-bond acceptors (Lipinski definition) is 6. The summed E-state index contributed by atoms with van der Waals surface area (Å²) in [6.45, 7) is 2.54. The summed E-state index contributed by atoms with van der Waals surface area (Å²) in [5.74, 6) is 1.31. The lowest BCUT2D eigenvalue weighted by Crippen LogP contribution is -2.50. The van der Waals surface area contributed by atoms with Crippen LogP contribution in [0.1, 0.15) is 5.76 Å². The Bertz CT molecular complexity index is 826. The number of hydrazine groups is 1. The van der Waals surface area contributed by atoms with Gasteiger partial charge in [-0.2, -0.15) is 0 Å². The van der Waals surface area contributed by atoms with Gasteiger partial charge in [-0.05, 0) is 12.1 Å². The number of thioether (sulfide) groups is 1. The van der Waals surface area contributed by atoms with Crippen LogP contribution in [0, 0.1) is 0 Å². The monoisotopic (exact) mass is 372 g/mol. The predicted molar refractivity (Wildman–Crippen MR) is 102 cm³/mol. The van der Waals surface area contributed by atoms with Gasteiger partial charge in [-0.15, -0.1) is 0 Å². The van der Waals surface area contributed by atoms with Crippen molar-refractivity contribution >= 4 is 40.3 Å². The topological polar surface area (TPSA) is 45.9 Å². The molecule has 0 unspecified atom stereocenters. The number of amides is 1. The average molecular weight is 372 g/mol. The first kappa shape index (κ1) is 16.5. The number of rotatable bonds is 3. The molecular formula is C18H16N2O3S2. The highest BCUT2D eigenvalue weighted by Gasteiger charge is 2.37. The van der Waals surface area contributed by atoms with E-state index in [-0.39, 0.29) is 5.91 Å². The van der Waals surface area contributed by atoms with E-state index in [0.717, 1.165) is 11.3 Å². The third-order valence-electron chi connectivity index (χ3n) is 4.00. The van der Waals surface area contributed by atoms with Crippen LogP contribution in [0.3, 0.4) is 0 Å². The Balaban J connectivity index is 1.55. The summed E-state index contributed by atoms with van der Waals surface area (Å²) in [5, 5.41) is 3.52. The smallest absolute Gasteiger partial charge is 0.281 e. The highest BCUT2D eigenvalue weighted by molar-refractivity contribution is 8.26. The lowest BCUT2D eigenvalue weighted by molar-refractivity contribution is -0.138. The fourth-order valence-corrected chi connectivity index (χ4v) is 4.06. The molecule has 2 aromatic rings. The number of ether oxygens (including phenoxy) is 1. The van der Waals surface area contributed by atoms with Crippen LogP contribution in [0.5, 0.6) is 0 Å². The van der Waals surface area contributed by atoms with E-state index in [9.17, 15) is 4.79 Å². The van der Waals surface area contributed by atoms with Crippen molar-refractivity contribution in [2.75, 3.05) is 26.3 Å². The summed E-state index contributed by atoms with van der Waals surface area (Å²) in [4.78, 5) is 13.3. The quantitative estimate of drug-likeness (QED) is 0.608.